The highest BCUT2D eigenvalue weighted by molar-refractivity contribution is 5.70. The molecule has 4 nitrogen and oxygen atoms in total. The topological polar surface area (TPSA) is 80.9 Å². The summed E-state index contributed by atoms with van der Waals surface area (Å²) in [5.74, 6) is 1.09. The fourth-order valence-corrected chi connectivity index (χ4v) is 2.83. The van der Waals surface area contributed by atoms with Crippen LogP contribution in [0.3, 0.4) is 0 Å². The van der Waals surface area contributed by atoms with E-state index in [1.54, 1.807) is 48.5 Å². The van der Waals surface area contributed by atoms with Gasteiger partial charge in [0.1, 0.15) is 23.0 Å². The molecule has 0 aliphatic heterocycles. The van der Waals surface area contributed by atoms with Gasteiger partial charge in [0.2, 0.25) is 0 Å². The Hall–Kier alpha value is -4.18. The highest BCUT2D eigenvalue weighted by atomic mass is 16.3. The maximum Gasteiger partial charge on any atom is 0.115 e. The highest BCUT2D eigenvalue weighted by Crippen LogP contribution is 2.16. The number of rotatable bonds is 4. The van der Waals surface area contributed by atoms with Crippen LogP contribution < -0.4 is 0 Å². The summed E-state index contributed by atoms with van der Waals surface area (Å²) in [5.41, 5.74) is 4.31. The average molecular weight is 412 g/mol. The van der Waals surface area contributed by atoms with E-state index in [2.05, 4.69) is 0 Å². The lowest BCUT2D eigenvalue weighted by Crippen LogP contribution is -1.86. The highest BCUT2D eigenvalue weighted by Gasteiger charge is 1.97. The third kappa shape index (κ3) is 7.29. The predicted octanol–water partition coefficient (Wildman–Crippen LogP) is 5.96. The summed E-state index contributed by atoms with van der Waals surface area (Å²) in [6, 6.07) is 28.2. The van der Waals surface area contributed by atoms with E-state index >= 15 is 0 Å². The number of aromatic hydroxyl groups is 4. The Kier molecular flexibility index (Phi) is 7.33. The van der Waals surface area contributed by atoms with Crippen molar-refractivity contribution in [3.8, 4) is 23.0 Å². The van der Waals surface area contributed by atoms with Crippen molar-refractivity contribution >= 4 is 12.2 Å². The number of hydrogen-bond donors (Lipinski definition) is 4. The second-order valence-electron chi connectivity index (χ2n) is 7.03. The maximum absolute atomic E-state index is 9.13. The lowest BCUT2D eigenvalue weighted by atomic mass is 10.1. The molecule has 0 radical (unpaired) electrons. The summed E-state index contributed by atoms with van der Waals surface area (Å²) in [6.07, 6.45) is 4.71. The Bertz CT molecular complexity index is 1010. The molecule has 0 atom stereocenters. The Balaban J connectivity index is 0.000000176. The minimum absolute atomic E-state index is 0.266. The molecule has 4 N–H and O–H groups in total. The van der Waals surface area contributed by atoms with Gasteiger partial charge < -0.3 is 20.4 Å². The van der Waals surface area contributed by atoms with E-state index in [4.69, 9.17) is 20.4 Å². The molecule has 0 saturated carbocycles. The van der Waals surface area contributed by atoms with Crippen LogP contribution in [-0.4, -0.2) is 20.4 Å². The molecule has 0 aliphatic rings. The van der Waals surface area contributed by atoms with Crippen LogP contribution in [0.25, 0.3) is 12.2 Å². The van der Waals surface area contributed by atoms with E-state index < -0.39 is 0 Å². The molecule has 4 aromatic carbocycles. The Morgan fingerprint density at radius 1 is 0.387 bits per heavy atom. The Labute approximate surface area is 181 Å². The summed E-state index contributed by atoms with van der Waals surface area (Å²) >= 11 is 0. The first-order chi connectivity index (χ1) is 15.0. The molecule has 0 bridgehead atoms. The van der Waals surface area contributed by atoms with Crippen molar-refractivity contribution in [2.75, 3.05) is 0 Å². The lowest BCUT2D eigenvalue weighted by molar-refractivity contribution is 0.474. The van der Waals surface area contributed by atoms with E-state index in [0.29, 0.717) is 0 Å². The van der Waals surface area contributed by atoms with Crippen LogP contribution in [0.2, 0.25) is 0 Å². The van der Waals surface area contributed by atoms with Crippen LogP contribution >= 0.6 is 0 Å². The van der Waals surface area contributed by atoms with Crippen LogP contribution in [0.5, 0.6) is 23.0 Å². The third-order valence-corrected chi connectivity index (χ3v) is 4.54. The second kappa shape index (κ2) is 10.6. The number of hydrogen-bond acceptors (Lipinski definition) is 4. The summed E-state index contributed by atoms with van der Waals surface area (Å²) in [6.45, 7) is 0. The first kappa shape index (κ1) is 21.5. The van der Waals surface area contributed by atoms with Crippen molar-refractivity contribution in [1.82, 2.24) is 0 Å². The van der Waals surface area contributed by atoms with Gasteiger partial charge in [0.15, 0.2) is 0 Å². The molecule has 0 aromatic heterocycles. The third-order valence-electron chi connectivity index (χ3n) is 4.54. The van der Waals surface area contributed by atoms with Gasteiger partial charge in [0.25, 0.3) is 0 Å². The molecule has 156 valence electrons. The lowest BCUT2D eigenvalue weighted by Gasteiger charge is -2.02. The SMILES string of the molecule is Oc1ccc(C=Cc2ccc(O)cc2)cc1.Oc1ccc(Cc2ccc(O)cc2)cc1. The van der Waals surface area contributed by atoms with Crippen molar-refractivity contribution in [1.29, 1.82) is 0 Å². The number of phenols is 4. The minimum atomic E-state index is 0.266. The van der Waals surface area contributed by atoms with Crippen molar-refractivity contribution in [2.45, 2.75) is 6.42 Å². The van der Waals surface area contributed by atoms with Gasteiger partial charge in [-0.15, -0.1) is 0 Å². The zero-order chi connectivity index (χ0) is 22.1. The molecular weight excluding hydrogens is 388 g/mol. The fraction of sp³-hybridized carbons (Fsp3) is 0.0370. The normalized spacial score (nSPS) is 10.5. The Morgan fingerprint density at radius 3 is 0.935 bits per heavy atom. The largest absolute Gasteiger partial charge is 0.508 e. The number of benzene rings is 4. The van der Waals surface area contributed by atoms with Crippen LogP contribution in [0.4, 0.5) is 0 Å². The fourth-order valence-electron chi connectivity index (χ4n) is 2.83. The van der Waals surface area contributed by atoms with Gasteiger partial charge in [0.05, 0.1) is 0 Å². The van der Waals surface area contributed by atoms with Gasteiger partial charge in [-0.25, -0.2) is 0 Å². The second-order valence-corrected chi connectivity index (χ2v) is 7.03. The molecule has 4 aromatic rings. The van der Waals surface area contributed by atoms with Crippen molar-refractivity contribution in [2.24, 2.45) is 0 Å². The molecule has 0 unspecified atom stereocenters. The number of phenolic OH excluding ortho intramolecular Hbond substituents is 4. The average Bonchev–Trinajstić information content (AvgIpc) is 2.78. The van der Waals surface area contributed by atoms with E-state index in [1.807, 2.05) is 60.7 Å². The summed E-state index contributed by atoms with van der Waals surface area (Å²) < 4.78 is 0. The van der Waals surface area contributed by atoms with Crippen LogP contribution in [0.1, 0.15) is 22.3 Å². The molecule has 0 spiro atoms. The molecule has 4 rings (SSSR count). The molecule has 0 amide bonds. The van der Waals surface area contributed by atoms with E-state index in [9.17, 15) is 0 Å². The van der Waals surface area contributed by atoms with Crippen LogP contribution in [0.15, 0.2) is 97.1 Å². The molecule has 0 fully saturated rings. The minimum Gasteiger partial charge on any atom is -0.508 e. The molecule has 31 heavy (non-hydrogen) atoms. The van der Waals surface area contributed by atoms with Gasteiger partial charge >= 0.3 is 0 Å². The predicted molar refractivity (Wildman–Crippen MR) is 124 cm³/mol. The quantitative estimate of drug-likeness (QED) is 0.312. The van der Waals surface area contributed by atoms with Gasteiger partial charge in [-0.1, -0.05) is 60.7 Å². The van der Waals surface area contributed by atoms with Crippen LogP contribution in [-0.2, 0) is 6.42 Å². The molecular formula is C27H24O4. The zero-order valence-corrected chi connectivity index (χ0v) is 16.9. The molecule has 4 heteroatoms. The zero-order valence-electron chi connectivity index (χ0n) is 16.9. The first-order valence-corrected chi connectivity index (χ1v) is 9.80. The molecule has 0 saturated heterocycles. The van der Waals surface area contributed by atoms with E-state index in [1.165, 1.54) is 0 Å². The standard InChI is InChI=1S/C14H12O2.C13H12O2/c15-13-7-3-11(4-8-13)1-2-12-5-9-14(16)10-6-12;14-12-5-1-10(2-6-12)9-11-3-7-13(15)8-4-11/h1-10,15-16H;1-8,14-15H,9H2. The molecule has 0 heterocycles. The van der Waals surface area contributed by atoms with Crippen molar-refractivity contribution in [3.05, 3.63) is 119 Å². The van der Waals surface area contributed by atoms with Gasteiger partial charge in [-0.3, -0.25) is 0 Å². The van der Waals surface area contributed by atoms with E-state index in [-0.39, 0.29) is 23.0 Å². The monoisotopic (exact) mass is 412 g/mol. The first-order valence-electron chi connectivity index (χ1n) is 9.80. The Morgan fingerprint density at radius 2 is 0.645 bits per heavy atom. The maximum atomic E-state index is 9.13. The van der Waals surface area contributed by atoms with Gasteiger partial charge in [0, 0.05) is 0 Å². The van der Waals surface area contributed by atoms with E-state index in [0.717, 1.165) is 28.7 Å². The molecule has 0 aliphatic carbocycles. The summed E-state index contributed by atoms with van der Waals surface area (Å²) in [4.78, 5) is 0. The summed E-state index contributed by atoms with van der Waals surface area (Å²) in [7, 11) is 0. The van der Waals surface area contributed by atoms with Gasteiger partial charge in [-0.05, 0) is 77.2 Å². The van der Waals surface area contributed by atoms with Gasteiger partial charge in [-0.2, -0.15) is 0 Å². The smallest absolute Gasteiger partial charge is 0.115 e. The summed E-state index contributed by atoms with van der Waals surface area (Å²) in [5, 5.41) is 36.5. The van der Waals surface area contributed by atoms with Crippen LogP contribution in [0, 0.1) is 0 Å². The van der Waals surface area contributed by atoms with Crippen molar-refractivity contribution < 1.29 is 20.4 Å². The van der Waals surface area contributed by atoms with Crippen molar-refractivity contribution in [3.63, 3.8) is 0 Å².